The molecule has 0 atom stereocenters. The van der Waals surface area contributed by atoms with Crippen LogP contribution in [0.25, 0.3) is 112 Å². The minimum absolute atomic E-state index is 0.111. The number of carbonyl (C=O) groups is 1. The van der Waals surface area contributed by atoms with Crippen LogP contribution in [0.4, 0.5) is 29.8 Å². The summed E-state index contributed by atoms with van der Waals surface area (Å²) in [7, 11) is -1.74. The zero-order valence-corrected chi connectivity index (χ0v) is 66.6. The van der Waals surface area contributed by atoms with Crippen molar-refractivity contribution in [3.05, 3.63) is 264 Å². The van der Waals surface area contributed by atoms with Crippen LogP contribution < -0.4 is 39.6 Å². The fourth-order valence-electron chi connectivity index (χ4n) is 11.5. The van der Waals surface area contributed by atoms with Gasteiger partial charge in [-0.2, -0.15) is 15.0 Å². The maximum Gasteiger partial charge on any atom is 0.494 e. The number of benzene rings is 4. The second kappa shape index (κ2) is 35.4. The quantitative estimate of drug-likeness (QED) is 0.0417. The van der Waals surface area contributed by atoms with Gasteiger partial charge < -0.3 is 79.9 Å². The molecule has 29 nitrogen and oxygen atoms in total. The average molecular weight is 1740 g/mol. The van der Waals surface area contributed by atoms with Crippen LogP contribution in [0.5, 0.6) is 0 Å². The van der Waals surface area contributed by atoms with Crippen LogP contribution in [-0.2, 0) is 14.1 Å². The SMILES string of the molecule is Brc1ccc2nccn2c1.CC1(C)OB(c2ccc3nc(N)[nH]c3c2)OC1(C)C.Nc1ccc(Br)cn1.Nc1nc2cc(-c3ccc4ncc(-c5ccncc5)n4c3)ccc2o1.Nc1nc2cc(-c3ccc4ncc(Br)n4c3)ccc2o1.Nc1nc2cc(-c3ccc4nccn4c3)ccc2o1.O=CCCl.OB(O)c1ccncc1. The van der Waals surface area contributed by atoms with Crippen molar-refractivity contribution >= 4 is 188 Å². The molecule has 1 aliphatic heterocycles. The molecule has 1 aliphatic rings. The molecule has 0 unspecified atom stereocenters. The lowest BCUT2D eigenvalue weighted by Crippen LogP contribution is -2.41. The highest BCUT2D eigenvalue weighted by Gasteiger charge is 2.51. The average Bonchev–Trinajstić information content (AvgIpc) is 1.60. The molecule has 16 heterocycles. The molecule has 0 aliphatic carbocycles. The number of nitrogens with one attached hydrogen (secondary N) is 1. The summed E-state index contributed by atoms with van der Waals surface area (Å²) in [6, 6.07) is 50.6. The highest BCUT2D eigenvalue weighted by Crippen LogP contribution is 2.37. The van der Waals surface area contributed by atoms with E-state index in [0.717, 1.165) is 114 Å². The number of aldehydes is 1. The Balaban J connectivity index is 0.000000119. The summed E-state index contributed by atoms with van der Waals surface area (Å²) in [5, 5.41) is 17.1. The number of oxazole rings is 3. The van der Waals surface area contributed by atoms with Crippen LogP contribution >= 0.6 is 59.4 Å². The summed E-state index contributed by atoms with van der Waals surface area (Å²) < 4.78 is 38.9. The van der Waals surface area contributed by atoms with Crippen molar-refractivity contribution in [1.29, 1.82) is 0 Å². The molecular formula is C79H69B2Br3ClN21O8. The zero-order valence-electron chi connectivity index (χ0n) is 61.1. The maximum atomic E-state index is 9.04. The highest BCUT2D eigenvalue weighted by molar-refractivity contribution is 9.11. The number of halogens is 4. The van der Waals surface area contributed by atoms with E-state index in [1.165, 1.54) is 12.4 Å². The molecule has 0 amide bonds. The number of nitrogens with two attached hydrogens (primary N) is 5. The van der Waals surface area contributed by atoms with E-state index in [4.69, 9.17) is 77.7 Å². The summed E-state index contributed by atoms with van der Waals surface area (Å²) in [6.45, 7) is 8.17. The van der Waals surface area contributed by atoms with E-state index in [9.17, 15) is 0 Å². The first-order valence-electron chi connectivity index (χ1n) is 34.7. The molecule has 35 heteroatoms. The Bertz CT molecular complexity index is 6460. The molecule has 0 saturated carbocycles. The third kappa shape index (κ3) is 19.3. The fourth-order valence-corrected chi connectivity index (χ4v) is 12.4. The molecule has 1 fully saturated rings. The third-order valence-corrected chi connectivity index (χ3v) is 19.4. The molecule has 572 valence electrons. The molecule has 15 aromatic heterocycles. The molecule has 114 heavy (non-hydrogen) atoms. The van der Waals surface area contributed by atoms with Gasteiger partial charge in [-0.3, -0.25) is 18.8 Å². The van der Waals surface area contributed by atoms with Crippen molar-refractivity contribution in [1.82, 2.24) is 77.4 Å². The number of nitrogens with zero attached hydrogens (tertiary/aromatic N) is 15. The number of aromatic nitrogens is 16. The van der Waals surface area contributed by atoms with Gasteiger partial charge in [0.05, 0.1) is 46.2 Å². The van der Waals surface area contributed by atoms with Gasteiger partial charge in [-0.25, -0.2) is 29.9 Å². The van der Waals surface area contributed by atoms with Gasteiger partial charge in [0.1, 0.15) is 55.8 Å². The molecule has 4 aromatic carbocycles. The lowest BCUT2D eigenvalue weighted by atomic mass is 9.79. The van der Waals surface area contributed by atoms with Gasteiger partial charge in [-0.05, 0) is 253 Å². The van der Waals surface area contributed by atoms with Gasteiger partial charge in [0.25, 0.3) is 18.0 Å². The normalized spacial score (nSPS) is 12.4. The number of nitrogen functional groups attached to an aromatic ring is 5. The van der Waals surface area contributed by atoms with E-state index in [-0.39, 0.29) is 42.2 Å². The Morgan fingerprint density at radius 3 is 1.46 bits per heavy atom. The first-order chi connectivity index (χ1) is 54.9. The Hall–Kier alpha value is -12.7. The van der Waals surface area contributed by atoms with E-state index in [1.807, 2.05) is 218 Å². The topological polar surface area (TPSA) is 421 Å². The largest absolute Gasteiger partial charge is 0.494 e. The van der Waals surface area contributed by atoms with Crippen molar-refractivity contribution in [3.8, 4) is 44.6 Å². The van der Waals surface area contributed by atoms with Crippen LogP contribution in [0.15, 0.2) is 277 Å². The van der Waals surface area contributed by atoms with Gasteiger partial charge >= 0.3 is 14.2 Å². The maximum absolute atomic E-state index is 9.04. The Kier molecular flexibility index (Phi) is 24.6. The fraction of sp³-hybridized carbons (Fsp3) is 0.0886. The van der Waals surface area contributed by atoms with E-state index >= 15 is 0 Å². The van der Waals surface area contributed by atoms with E-state index in [2.05, 4.69) is 118 Å². The predicted octanol–water partition coefficient (Wildman–Crippen LogP) is 14.2. The number of carbonyl (C=O) groups excluding carboxylic acids is 1. The lowest BCUT2D eigenvalue weighted by Gasteiger charge is -2.32. The first-order valence-corrected chi connectivity index (χ1v) is 37.6. The lowest BCUT2D eigenvalue weighted by molar-refractivity contribution is -0.105. The number of pyridine rings is 7. The number of alkyl halides is 1. The van der Waals surface area contributed by atoms with Crippen molar-refractivity contribution in [2.45, 2.75) is 38.9 Å². The van der Waals surface area contributed by atoms with Gasteiger partial charge in [-0.1, -0.05) is 24.3 Å². The molecule has 13 N–H and O–H groups in total. The van der Waals surface area contributed by atoms with Crippen molar-refractivity contribution in [3.63, 3.8) is 0 Å². The van der Waals surface area contributed by atoms with Gasteiger partial charge in [-0.15, -0.1) is 11.6 Å². The number of rotatable bonds is 7. The van der Waals surface area contributed by atoms with E-state index in [0.29, 0.717) is 40.3 Å². The minimum atomic E-state index is -1.38. The van der Waals surface area contributed by atoms with Crippen LogP contribution in [0.2, 0.25) is 0 Å². The number of hydrogen-bond donors (Lipinski definition) is 8. The number of anilines is 5. The van der Waals surface area contributed by atoms with Crippen LogP contribution in [-0.4, -0.2) is 125 Å². The van der Waals surface area contributed by atoms with Crippen molar-refractivity contribution in [2.75, 3.05) is 34.5 Å². The van der Waals surface area contributed by atoms with E-state index < -0.39 is 7.12 Å². The summed E-state index contributed by atoms with van der Waals surface area (Å²) in [5.41, 5.74) is 46.7. The number of imidazole rings is 5. The monoisotopic (exact) mass is 1730 g/mol. The summed E-state index contributed by atoms with van der Waals surface area (Å²) >= 11 is 14.9. The van der Waals surface area contributed by atoms with E-state index in [1.54, 1.807) is 55.4 Å². The molecule has 19 aromatic rings. The molecule has 1 saturated heterocycles. The molecule has 0 bridgehead atoms. The molecule has 20 rings (SSSR count). The Morgan fingerprint density at radius 1 is 0.482 bits per heavy atom. The predicted molar refractivity (Wildman–Crippen MR) is 455 cm³/mol. The first kappa shape index (κ1) is 79.4. The second-order valence-electron chi connectivity index (χ2n) is 26.0. The number of H-pyrrole nitrogens is 1. The molecule has 0 spiro atoms. The Morgan fingerprint density at radius 2 is 0.956 bits per heavy atom. The van der Waals surface area contributed by atoms with Crippen LogP contribution in [0.3, 0.4) is 0 Å². The number of fused-ring (bicyclic) bond motifs is 8. The van der Waals surface area contributed by atoms with Gasteiger partial charge in [0.15, 0.2) is 22.7 Å². The summed E-state index contributed by atoms with van der Waals surface area (Å²) in [5.74, 6) is 1.08. The van der Waals surface area contributed by atoms with Crippen LogP contribution in [0, 0.1) is 0 Å². The third-order valence-electron chi connectivity index (χ3n) is 17.8. The summed E-state index contributed by atoms with van der Waals surface area (Å²) in [4.78, 5) is 57.4. The standard InChI is InChI=1S/C19H13N5O.C14H9BrN4O.C14H10N4O.C13H18BN3O2.C7H5BrN2.C5H6BNO2.C5H5BrN2.C2H3ClO/c20-19-23-15-9-13(1-3-17(15)25-19)14-2-4-18-22-10-16(24(18)11-14)12-5-7-21-8-6-12;15-12-6-17-13-4-2-9(7-19(12)13)8-1-3-11-10(5-8)18-14(16)20-11;15-14-17-11-7-9(1-3-12(11)19-14)10-2-4-13-16-5-6-18(13)8-10;1-12(2)13(3,4)19-14(18-12)8-5-6-9-10(7-8)17-11(15)16-9;8-6-1-2-7-9-3-4-10(7)5-6;8-6(9)5-1-3-7-4-2-5;6-4-1-2-5(7)8-3-4;3-1-2-4/h1-11H,(H2,20,23);1-7H,(H2,16,18);1-8H,(H2,15,17);5-7H,1-4H3,(H3,15,16,17);1-5H;1-4,8-9H;1-3H,(H2,7,8);2H,1H2. The van der Waals surface area contributed by atoms with Crippen molar-refractivity contribution in [2.24, 2.45) is 0 Å². The molecule has 0 radical (unpaired) electrons. The number of hydrogen-bond acceptors (Lipinski definition) is 24. The van der Waals surface area contributed by atoms with Crippen LogP contribution in [0.1, 0.15) is 27.7 Å². The zero-order chi connectivity index (χ0) is 80.2. The molecular weight excluding hydrogens is 1670 g/mol. The number of aromatic amines is 1. The minimum Gasteiger partial charge on any atom is -0.424 e. The summed E-state index contributed by atoms with van der Waals surface area (Å²) in [6.07, 6.45) is 28.0. The van der Waals surface area contributed by atoms with Gasteiger partial charge in [0.2, 0.25) is 0 Å². The smallest absolute Gasteiger partial charge is 0.424 e. The highest BCUT2D eigenvalue weighted by atomic mass is 79.9. The second-order valence-corrected chi connectivity index (χ2v) is 28.9. The Labute approximate surface area is 680 Å². The van der Waals surface area contributed by atoms with Gasteiger partial charge in [0, 0.05) is 95.1 Å². The van der Waals surface area contributed by atoms with Crippen molar-refractivity contribution < 1.29 is 37.4 Å².